The molecule has 6 nitrogen and oxygen atoms in total. The van der Waals surface area contributed by atoms with E-state index in [1.165, 1.54) is 12.1 Å². The van der Waals surface area contributed by atoms with Crippen molar-refractivity contribution in [3.05, 3.63) is 65.9 Å². The third-order valence-electron chi connectivity index (χ3n) is 4.26. The normalized spacial score (nSPS) is 10.9. The van der Waals surface area contributed by atoms with Gasteiger partial charge in [-0.25, -0.2) is 0 Å². The van der Waals surface area contributed by atoms with Crippen molar-refractivity contribution in [3.63, 3.8) is 0 Å². The Bertz CT molecular complexity index is 970. The number of rotatable bonds is 9. The Morgan fingerprint density at radius 3 is 2.59 bits per heavy atom. The standard InChI is InChI=1S/C21H20F2N2O4/c22-21(23)29-16-7-5-14(6-8-16)9-10-24-19(26)13-28-20(27)11-15-12-25-18-4-2-1-3-17(15)18/h1-8,12,21,25H,9-11,13H2,(H,24,26). The average molecular weight is 402 g/mol. The highest BCUT2D eigenvalue weighted by Crippen LogP contribution is 2.18. The SMILES string of the molecule is O=C(COC(=O)Cc1c[nH]c2ccccc12)NCCc1ccc(OC(F)F)cc1. The number of fused-ring (bicyclic) bond motifs is 1. The quantitative estimate of drug-likeness (QED) is 0.539. The molecule has 0 aliphatic heterocycles. The second-order valence-corrected chi connectivity index (χ2v) is 6.32. The summed E-state index contributed by atoms with van der Waals surface area (Å²) in [7, 11) is 0. The number of aromatic amines is 1. The largest absolute Gasteiger partial charge is 0.455 e. The van der Waals surface area contributed by atoms with E-state index in [9.17, 15) is 18.4 Å². The molecule has 0 aliphatic rings. The lowest BCUT2D eigenvalue weighted by Gasteiger charge is -2.08. The lowest BCUT2D eigenvalue weighted by molar-refractivity contribution is -0.147. The van der Waals surface area contributed by atoms with Gasteiger partial charge in [0.25, 0.3) is 5.91 Å². The minimum atomic E-state index is -2.86. The fourth-order valence-corrected chi connectivity index (χ4v) is 2.87. The molecule has 0 bridgehead atoms. The Morgan fingerprint density at radius 2 is 1.83 bits per heavy atom. The van der Waals surface area contributed by atoms with E-state index < -0.39 is 18.5 Å². The van der Waals surface area contributed by atoms with Gasteiger partial charge in [0.15, 0.2) is 6.61 Å². The van der Waals surface area contributed by atoms with Crippen LogP contribution in [0.3, 0.4) is 0 Å². The summed E-state index contributed by atoms with van der Waals surface area (Å²) in [5, 5.41) is 3.59. The van der Waals surface area contributed by atoms with Gasteiger partial charge in [0.05, 0.1) is 6.42 Å². The predicted octanol–water partition coefficient (Wildman–Crippen LogP) is 3.21. The molecule has 1 amide bonds. The lowest BCUT2D eigenvalue weighted by Crippen LogP contribution is -2.30. The van der Waals surface area contributed by atoms with Gasteiger partial charge in [-0.15, -0.1) is 0 Å². The summed E-state index contributed by atoms with van der Waals surface area (Å²) < 4.78 is 33.5. The van der Waals surface area contributed by atoms with Gasteiger partial charge in [-0.3, -0.25) is 9.59 Å². The van der Waals surface area contributed by atoms with Crippen molar-refractivity contribution in [2.75, 3.05) is 13.2 Å². The molecule has 2 aromatic carbocycles. The van der Waals surface area contributed by atoms with E-state index >= 15 is 0 Å². The molecule has 0 radical (unpaired) electrons. The van der Waals surface area contributed by atoms with Crippen molar-refractivity contribution in [1.29, 1.82) is 0 Å². The highest BCUT2D eigenvalue weighted by Gasteiger charge is 2.11. The summed E-state index contributed by atoms with van der Waals surface area (Å²) in [4.78, 5) is 26.9. The number of amides is 1. The van der Waals surface area contributed by atoms with Gasteiger partial charge in [0.1, 0.15) is 5.75 Å². The molecule has 0 atom stereocenters. The fraction of sp³-hybridized carbons (Fsp3) is 0.238. The second-order valence-electron chi connectivity index (χ2n) is 6.32. The predicted molar refractivity (Wildman–Crippen MR) is 103 cm³/mol. The number of aromatic nitrogens is 1. The maximum absolute atomic E-state index is 12.1. The highest BCUT2D eigenvalue weighted by molar-refractivity contribution is 5.88. The Balaban J connectivity index is 1.37. The van der Waals surface area contributed by atoms with Crippen LogP contribution in [0.25, 0.3) is 10.9 Å². The van der Waals surface area contributed by atoms with Crippen LogP contribution in [0.2, 0.25) is 0 Å². The molecule has 2 N–H and O–H groups in total. The van der Waals surface area contributed by atoms with Crippen LogP contribution < -0.4 is 10.1 Å². The summed E-state index contributed by atoms with van der Waals surface area (Å²) >= 11 is 0. The molecule has 0 spiro atoms. The lowest BCUT2D eigenvalue weighted by atomic mass is 10.1. The summed E-state index contributed by atoms with van der Waals surface area (Å²) in [5.74, 6) is -0.815. The van der Waals surface area contributed by atoms with Crippen molar-refractivity contribution >= 4 is 22.8 Å². The number of ether oxygens (including phenoxy) is 2. The van der Waals surface area contributed by atoms with Crippen LogP contribution in [0.1, 0.15) is 11.1 Å². The Kier molecular flexibility index (Phi) is 6.78. The number of carbonyl (C=O) groups excluding carboxylic acids is 2. The van der Waals surface area contributed by atoms with Crippen LogP contribution in [-0.4, -0.2) is 36.6 Å². The van der Waals surface area contributed by atoms with Gasteiger partial charge in [-0.1, -0.05) is 30.3 Å². The summed E-state index contributed by atoms with van der Waals surface area (Å²) in [6.45, 7) is -2.89. The van der Waals surface area contributed by atoms with Crippen LogP contribution in [0.5, 0.6) is 5.75 Å². The maximum atomic E-state index is 12.1. The van der Waals surface area contributed by atoms with Crippen LogP contribution >= 0.6 is 0 Å². The van der Waals surface area contributed by atoms with Crippen molar-refractivity contribution in [2.45, 2.75) is 19.5 Å². The molecule has 0 fully saturated rings. The molecular formula is C21H20F2N2O4. The summed E-state index contributed by atoms with van der Waals surface area (Å²) in [6, 6.07) is 13.8. The van der Waals surface area contributed by atoms with E-state index in [4.69, 9.17) is 4.74 Å². The Morgan fingerprint density at radius 1 is 1.07 bits per heavy atom. The maximum Gasteiger partial charge on any atom is 0.387 e. The third kappa shape index (κ3) is 6.03. The smallest absolute Gasteiger partial charge is 0.387 e. The van der Waals surface area contributed by atoms with Gasteiger partial charge >= 0.3 is 12.6 Å². The van der Waals surface area contributed by atoms with Crippen molar-refractivity contribution in [2.24, 2.45) is 0 Å². The first-order valence-electron chi connectivity index (χ1n) is 9.02. The van der Waals surface area contributed by atoms with Gasteiger partial charge in [0.2, 0.25) is 0 Å². The monoisotopic (exact) mass is 402 g/mol. The Labute approximate surface area is 165 Å². The molecule has 1 heterocycles. The molecule has 3 rings (SSSR count). The average Bonchev–Trinajstić information content (AvgIpc) is 3.10. The molecule has 0 saturated heterocycles. The molecule has 0 aliphatic carbocycles. The van der Waals surface area contributed by atoms with Crippen molar-refractivity contribution in [1.82, 2.24) is 10.3 Å². The van der Waals surface area contributed by atoms with Crippen LogP contribution in [0.4, 0.5) is 8.78 Å². The van der Waals surface area contributed by atoms with Crippen LogP contribution in [-0.2, 0) is 27.2 Å². The number of benzene rings is 2. The molecule has 0 saturated carbocycles. The van der Waals surface area contributed by atoms with Gasteiger partial charge < -0.3 is 19.8 Å². The van der Waals surface area contributed by atoms with E-state index in [1.54, 1.807) is 18.3 Å². The van der Waals surface area contributed by atoms with E-state index in [0.29, 0.717) is 13.0 Å². The van der Waals surface area contributed by atoms with Crippen LogP contribution in [0.15, 0.2) is 54.7 Å². The van der Waals surface area contributed by atoms with Gasteiger partial charge in [-0.2, -0.15) is 8.78 Å². The van der Waals surface area contributed by atoms with E-state index in [2.05, 4.69) is 15.0 Å². The first-order valence-corrected chi connectivity index (χ1v) is 9.02. The molecular weight excluding hydrogens is 382 g/mol. The minimum Gasteiger partial charge on any atom is -0.455 e. The molecule has 8 heteroatoms. The van der Waals surface area contributed by atoms with Crippen LogP contribution in [0, 0.1) is 0 Å². The topological polar surface area (TPSA) is 80.4 Å². The fourth-order valence-electron chi connectivity index (χ4n) is 2.87. The zero-order valence-electron chi connectivity index (χ0n) is 15.5. The minimum absolute atomic E-state index is 0.0737. The molecule has 29 heavy (non-hydrogen) atoms. The van der Waals surface area contributed by atoms with E-state index in [-0.39, 0.29) is 18.8 Å². The zero-order valence-corrected chi connectivity index (χ0v) is 15.5. The number of alkyl halides is 2. The van der Waals surface area contributed by atoms with Crippen molar-refractivity contribution < 1.29 is 27.8 Å². The van der Waals surface area contributed by atoms with Crippen molar-refractivity contribution in [3.8, 4) is 5.75 Å². The molecule has 1 aromatic heterocycles. The second kappa shape index (κ2) is 9.68. The third-order valence-corrected chi connectivity index (χ3v) is 4.26. The molecule has 0 unspecified atom stereocenters. The number of H-pyrrole nitrogens is 1. The van der Waals surface area contributed by atoms with E-state index in [0.717, 1.165) is 22.0 Å². The first kappa shape index (κ1) is 20.3. The molecule has 152 valence electrons. The number of hydrogen-bond donors (Lipinski definition) is 2. The number of esters is 1. The first-order chi connectivity index (χ1) is 14.0. The number of carbonyl (C=O) groups is 2. The number of hydrogen-bond acceptors (Lipinski definition) is 4. The van der Waals surface area contributed by atoms with Gasteiger partial charge in [0, 0.05) is 23.6 Å². The Hall–Kier alpha value is -3.42. The number of para-hydroxylation sites is 1. The summed E-state index contributed by atoms with van der Waals surface area (Å²) in [6.07, 6.45) is 2.33. The highest BCUT2D eigenvalue weighted by atomic mass is 19.3. The summed E-state index contributed by atoms with van der Waals surface area (Å²) in [5.41, 5.74) is 2.59. The van der Waals surface area contributed by atoms with E-state index in [1.807, 2.05) is 24.3 Å². The zero-order chi connectivity index (χ0) is 20.6. The van der Waals surface area contributed by atoms with Gasteiger partial charge in [-0.05, 0) is 35.7 Å². The number of halogens is 2. The molecule has 3 aromatic rings. The number of nitrogens with one attached hydrogen (secondary N) is 2.